The fourth-order valence-electron chi connectivity index (χ4n) is 2.11. The van der Waals surface area contributed by atoms with E-state index in [-0.39, 0.29) is 5.43 Å². The first-order chi connectivity index (χ1) is 8.86. The van der Waals surface area contributed by atoms with Crippen LogP contribution in [0.4, 0.5) is 11.4 Å². The largest absolute Gasteiger partial charge is 0.380 e. The number of unbranched alkanes of at least 4 members (excludes halogenated alkanes) is 1. The van der Waals surface area contributed by atoms with E-state index in [0.29, 0.717) is 10.2 Å². The molecule has 0 aliphatic carbocycles. The molecule has 1 aromatic carbocycles. The number of nitrogens with one attached hydrogen (secondary N) is 1. The van der Waals surface area contributed by atoms with Crippen molar-refractivity contribution >= 4 is 23.6 Å². The maximum absolute atomic E-state index is 11.6. The maximum atomic E-state index is 11.6. The van der Waals surface area contributed by atoms with Crippen molar-refractivity contribution in [3.8, 4) is 0 Å². The highest BCUT2D eigenvalue weighted by atomic mass is 32.1. The van der Waals surface area contributed by atoms with Crippen LogP contribution in [-0.4, -0.2) is 20.6 Å². The van der Waals surface area contributed by atoms with Crippen LogP contribution < -0.4 is 15.6 Å². The highest BCUT2D eigenvalue weighted by Gasteiger charge is 2.18. The van der Waals surface area contributed by atoms with Gasteiger partial charge in [-0.15, -0.1) is 0 Å². The van der Waals surface area contributed by atoms with Gasteiger partial charge in [-0.25, -0.2) is 0 Å². The van der Waals surface area contributed by atoms with Gasteiger partial charge in [0.1, 0.15) is 10.2 Å². The third-order valence-corrected chi connectivity index (χ3v) is 4.24. The molecule has 3 nitrogen and oxygen atoms in total. The highest BCUT2D eigenvalue weighted by Crippen LogP contribution is 2.25. The van der Waals surface area contributed by atoms with Crippen molar-refractivity contribution in [2.75, 3.05) is 30.9 Å². The van der Waals surface area contributed by atoms with Crippen LogP contribution in [0.15, 0.2) is 4.79 Å². The Balaban J connectivity index is 2.33. The van der Waals surface area contributed by atoms with Crippen LogP contribution in [-0.2, 0) is 0 Å². The van der Waals surface area contributed by atoms with Crippen LogP contribution >= 0.6 is 12.2 Å². The molecule has 0 aromatic heterocycles. The predicted octanol–water partition coefficient (Wildman–Crippen LogP) is 3.59. The zero-order valence-corrected chi connectivity index (χ0v) is 13.6. The summed E-state index contributed by atoms with van der Waals surface area (Å²) >= 11 is 5.06. The van der Waals surface area contributed by atoms with Crippen LogP contribution in [0.1, 0.15) is 40.0 Å². The molecule has 0 fully saturated rings. The SMILES string of the molecule is CC(C)C(C)CCCCNc1c(N(C)C)c(=S)c1=O. The van der Waals surface area contributed by atoms with Gasteiger partial charge in [-0.1, -0.05) is 45.8 Å². The molecule has 0 spiro atoms. The normalized spacial score (nSPS) is 12.9. The Morgan fingerprint density at radius 1 is 1.21 bits per heavy atom. The quantitative estimate of drug-likeness (QED) is 0.583. The molecule has 0 bridgehead atoms. The molecule has 1 unspecified atom stereocenters. The van der Waals surface area contributed by atoms with E-state index in [4.69, 9.17) is 12.2 Å². The van der Waals surface area contributed by atoms with Crippen LogP contribution in [0.5, 0.6) is 0 Å². The van der Waals surface area contributed by atoms with Gasteiger partial charge >= 0.3 is 0 Å². The first kappa shape index (κ1) is 16.2. The van der Waals surface area contributed by atoms with E-state index in [1.54, 1.807) is 0 Å². The second kappa shape index (κ2) is 7.04. The van der Waals surface area contributed by atoms with E-state index in [0.717, 1.165) is 30.5 Å². The summed E-state index contributed by atoms with van der Waals surface area (Å²) in [6, 6.07) is 0. The standard InChI is InChI=1S/C15H26N2OS/c1-10(2)11(3)8-6-7-9-16-12-13(17(4)5)15(19)14(12)18/h10-11,16H,6-9H2,1-5H3. The molecular formula is C15H26N2OS. The number of rotatable bonds is 8. The Hall–Kier alpha value is -0.900. The molecule has 1 atom stereocenters. The Morgan fingerprint density at radius 3 is 2.37 bits per heavy atom. The van der Waals surface area contributed by atoms with Crippen LogP contribution in [0, 0.1) is 16.3 Å². The molecule has 0 aliphatic heterocycles. The van der Waals surface area contributed by atoms with Crippen molar-refractivity contribution in [1.82, 2.24) is 0 Å². The Labute approximate surface area is 121 Å². The average molecular weight is 282 g/mol. The molecule has 108 valence electrons. The van der Waals surface area contributed by atoms with E-state index in [1.165, 1.54) is 12.8 Å². The van der Waals surface area contributed by atoms with Gasteiger partial charge in [0.25, 0.3) is 0 Å². The van der Waals surface area contributed by atoms with Crippen molar-refractivity contribution in [3.63, 3.8) is 0 Å². The molecule has 0 radical (unpaired) electrons. The van der Waals surface area contributed by atoms with Crippen molar-refractivity contribution in [2.24, 2.45) is 11.8 Å². The van der Waals surface area contributed by atoms with E-state index in [1.807, 2.05) is 19.0 Å². The lowest BCUT2D eigenvalue weighted by atomic mass is 9.93. The minimum absolute atomic E-state index is 0.00533. The zero-order chi connectivity index (χ0) is 14.6. The molecule has 0 amide bonds. The fourth-order valence-corrected chi connectivity index (χ4v) is 2.50. The summed E-state index contributed by atoms with van der Waals surface area (Å²) in [5, 5.41) is 3.23. The number of hydrogen-bond acceptors (Lipinski definition) is 4. The van der Waals surface area contributed by atoms with Crippen molar-refractivity contribution < 1.29 is 0 Å². The van der Waals surface area contributed by atoms with Gasteiger partial charge in [-0.3, -0.25) is 4.79 Å². The van der Waals surface area contributed by atoms with Crippen molar-refractivity contribution in [3.05, 3.63) is 14.7 Å². The molecule has 1 rings (SSSR count). The van der Waals surface area contributed by atoms with Crippen molar-refractivity contribution in [1.29, 1.82) is 0 Å². The van der Waals surface area contributed by atoms with Crippen molar-refractivity contribution in [2.45, 2.75) is 40.0 Å². The van der Waals surface area contributed by atoms with Gasteiger partial charge < -0.3 is 10.2 Å². The second-order valence-electron chi connectivity index (χ2n) is 5.92. The van der Waals surface area contributed by atoms with Gasteiger partial charge in [0.15, 0.2) is 0 Å². The molecule has 1 aromatic rings. The molecule has 0 heterocycles. The van der Waals surface area contributed by atoms with Crippen LogP contribution in [0.25, 0.3) is 0 Å². The summed E-state index contributed by atoms with van der Waals surface area (Å²) < 4.78 is 0.459. The summed E-state index contributed by atoms with van der Waals surface area (Å²) in [7, 11) is 3.83. The number of anilines is 2. The summed E-state index contributed by atoms with van der Waals surface area (Å²) in [4.78, 5) is 13.6. The number of nitrogens with zero attached hydrogens (tertiary/aromatic N) is 1. The molecule has 0 aliphatic rings. The molecule has 0 saturated heterocycles. The zero-order valence-electron chi connectivity index (χ0n) is 12.7. The Kier molecular flexibility index (Phi) is 5.98. The molecule has 1 N–H and O–H groups in total. The minimum atomic E-state index is -0.00533. The second-order valence-corrected chi connectivity index (χ2v) is 6.33. The van der Waals surface area contributed by atoms with Crippen LogP contribution in [0.3, 0.4) is 0 Å². The molecular weight excluding hydrogens is 256 g/mol. The van der Waals surface area contributed by atoms with Crippen LogP contribution in [0.2, 0.25) is 0 Å². The first-order valence-corrected chi connectivity index (χ1v) is 7.51. The Bertz CT molecular complexity index is 473. The lowest BCUT2D eigenvalue weighted by molar-refractivity contribution is 0.380. The monoisotopic (exact) mass is 282 g/mol. The lowest BCUT2D eigenvalue weighted by Crippen LogP contribution is -2.25. The molecule has 0 saturated carbocycles. The average Bonchev–Trinajstić information content (AvgIpc) is 2.35. The summed E-state index contributed by atoms with van der Waals surface area (Å²) in [5.74, 6) is 1.52. The molecule has 19 heavy (non-hydrogen) atoms. The van der Waals surface area contributed by atoms with Gasteiger partial charge in [0, 0.05) is 20.6 Å². The van der Waals surface area contributed by atoms with Gasteiger partial charge in [0.2, 0.25) is 5.43 Å². The van der Waals surface area contributed by atoms with Gasteiger partial charge in [0.05, 0.1) is 5.69 Å². The smallest absolute Gasteiger partial charge is 0.223 e. The minimum Gasteiger partial charge on any atom is -0.380 e. The highest BCUT2D eigenvalue weighted by molar-refractivity contribution is 7.71. The van der Waals surface area contributed by atoms with Gasteiger partial charge in [-0.2, -0.15) is 0 Å². The third kappa shape index (κ3) is 4.03. The summed E-state index contributed by atoms with van der Waals surface area (Å²) in [6.45, 7) is 7.70. The lowest BCUT2D eigenvalue weighted by Gasteiger charge is -2.21. The topological polar surface area (TPSA) is 32.3 Å². The maximum Gasteiger partial charge on any atom is 0.223 e. The molecule has 4 heteroatoms. The first-order valence-electron chi connectivity index (χ1n) is 7.10. The third-order valence-electron chi connectivity index (χ3n) is 3.86. The van der Waals surface area contributed by atoms with Gasteiger partial charge in [-0.05, 0) is 18.3 Å². The summed E-state index contributed by atoms with van der Waals surface area (Å²) in [6.07, 6.45) is 3.56. The number of hydrogen-bond donors (Lipinski definition) is 1. The summed E-state index contributed by atoms with van der Waals surface area (Å²) in [5.41, 5.74) is 1.58. The van der Waals surface area contributed by atoms with E-state index in [2.05, 4.69) is 26.1 Å². The fraction of sp³-hybridized carbons (Fsp3) is 0.733. The van der Waals surface area contributed by atoms with E-state index >= 15 is 0 Å². The van der Waals surface area contributed by atoms with E-state index < -0.39 is 0 Å². The Morgan fingerprint density at radius 2 is 1.84 bits per heavy atom. The predicted molar refractivity (Wildman–Crippen MR) is 86.6 cm³/mol. The van der Waals surface area contributed by atoms with E-state index in [9.17, 15) is 4.79 Å².